The van der Waals surface area contributed by atoms with Crippen molar-refractivity contribution < 1.29 is 4.74 Å². The summed E-state index contributed by atoms with van der Waals surface area (Å²) in [5.74, 6) is 1.06. The largest absolute Gasteiger partial charge is 0.496 e. The molecule has 1 aromatic carbocycles. The summed E-state index contributed by atoms with van der Waals surface area (Å²) in [7, 11) is 3.81. The third kappa shape index (κ3) is 2.63. The van der Waals surface area contributed by atoms with E-state index in [0.717, 1.165) is 18.7 Å². The van der Waals surface area contributed by atoms with E-state index in [9.17, 15) is 0 Å². The first-order chi connectivity index (χ1) is 8.10. The van der Waals surface area contributed by atoms with E-state index in [0.29, 0.717) is 5.41 Å². The molecule has 1 saturated carbocycles. The first-order valence-electron chi connectivity index (χ1n) is 6.39. The number of ether oxygens (including phenoxy) is 1. The predicted molar refractivity (Wildman–Crippen MR) is 71.8 cm³/mol. The van der Waals surface area contributed by atoms with E-state index in [1.54, 1.807) is 7.11 Å². The molecule has 1 aliphatic rings. The molecule has 0 saturated heterocycles. The standard InChI is InChI=1S/C15H23NO/c1-11-7-12(2)13(14(8-11)17-4)9-15(5-6-15)10-16-3/h7-8,16H,5-6,9-10H2,1-4H3. The summed E-state index contributed by atoms with van der Waals surface area (Å²) in [6.07, 6.45) is 3.82. The molecular formula is C15H23NO. The summed E-state index contributed by atoms with van der Waals surface area (Å²) in [5.41, 5.74) is 4.53. The second-order valence-electron chi connectivity index (χ2n) is 5.47. The lowest BCUT2D eigenvalue weighted by Crippen LogP contribution is -2.22. The van der Waals surface area contributed by atoms with Crippen molar-refractivity contribution in [2.24, 2.45) is 5.41 Å². The first kappa shape index (κ1) is 12.4. The minimum atomic E-state index is 0.488. The maximum Gasteiger partial charge on any atom is 0.122 e. The van der Waals surface area contributed by atoms with Gasteiger partial charge in [0.05, 0.1) is 7.11 Å². The van der Waals surface area contributed by atoms with Crippen LogP contribution in [0.1, 0.15) is 29.5 Å². The fourth-order valence-electron chi connectivity index (χ4n) is 2.71. The van der Waals surface area contributed by atoms with Crippen LogP contribution in [0, 0.1) is 19.3 Å². The Morgan fingerprint density at radius 3 is 2.53 bits per heavy atom. The topological polar surface area (TPSA) is 21.3 Å². The summed E-state index contributed by atoms with van der Waals surface area (Å²) >= 11 is 0. The van der Waals surface area contributed by atoms with Crippen molar-refractivity contribution in [2.45, 2.75) is 33.1 Å². The monoisotopic (exact) mass is 233 g/mol. The molecule has 0 aliphatic heterocycles. The average Bonchev–Trinajstić information content (AvgIpc) is 3.02. The summed E-state index contributed by atoms with van der Waals surface area (Å²) in [4.78, 5) is 0. The van der Waals surface area contributed by atoms with E-state index in [4.69, 9.17) is 4.74 Å². The highest BCUT2D eigenvalue weighted by atomic mass is 16.5. The third-order valence-electron chi connectivity index (χ3n) is 3.86. The third-order valence-corrected chi connectivity index (χ3v) is 3.86. The number of methoxy groups -OCH3 is 1. The molecule has 1 aliphatic carbocycles. The molecule has 1 aromatic rings. The Morgan fingerprint density at radius 2 is 2.00 bits per heavy atom. The fraction of sp³-hybridized carbons (Fsp3) is 0.600. The van der Waals surface area contributed by atoms with Gasteiger partial charge in [-0.3, -0.25) is 0 Å². The molecule has 1 N–H and O–H groups in total. The zero-order valence-electron chi connectivity index (χ0n) is 11.4. The van der Waals surface area contributed by atoms with E-state index in [-0.39, 0.29) is 0 Å². The molecule has 94 valence electrons. The van der Waals surface area contributed by atoms with Crippen LogP contribution in [0.25, 0.3) is 0 Å². The van der Waals surface area contributed by atoms with Gasteiger partial charge in [-0.2, -0.15) is 0 Å². The van der Waals surface area contributed by atoms with Crippen molar-refractivity contribution in [1.82, 2.24) is 5.32 Å². The second kappa shape index (κ2) is 4.69. The van der Waals surface area contributed by atoms with Crippen LogP contribution in [-0.4, -0.2) is 20.7 Å². The van der Waals surface area contributed by atoms with Crippen molar-refractivity contribution in [1.29, 1.82) is 0 Å². The quantitative estimate of drug-likeness (QED) is 0.844. The zero-order valence-corrected chi connectivity index (χ0v) is 11.4. The summed E-state index contributed by atoms with van der Waals surface area (Å²) in [5, 5.41) is 3.32. The van der Waals surface area contributed by atoms with Crippen molar-refractivity contribution in [3.8, 4) is 5.75 Å². The Labute approximate surface area is 104 Å². The molecule has 0 spiro atoms. The van der Waals surface area contributed by atoms with Crippen LogP contribution >= 0.6 is 0 Å². The smallest absolute Gasteiger partial charge is 0.122 e. The van der Waals surface area contributed by atoms with Gasteiger partial charge >= 0.3 is 0 Å². The summed E-state index contributed by atoms with van der Waals surface area (Å²) < 4.78 is 5.54. The maximum atomic E-state index is 5.54. The van der Waals surface area contributed by atoms with Crippen LogP contribution in [0.15, 0.2) is 12.1 Å². The Kier molecular flexibility index (Phi) is 3.43. The molecule has 0 heterocycles. The van der Waals surface area contributed by atoms with E-state index in [2.05, 4.69) is 31.3 Å². The Hall–Kier alpha value is -1.02. The van der Waals surface area contributed by atoms with Crippen molar-refractivity contribution in [2.75, 3.05) is 20.7 Å². The molecule has 0 atom stereocenters. The first-order valence-corrected chi connectivity index (χ1v) is 6.39. The number of rotatable bonds is 5. The van der Waals surface area contributed by atoms with Crippen LogP contribution in [0.4, 0.5) is 0 Å². The molecule has 2 rings (SSSR count). The highest BCUT2D eigenvalue weighted by molar-refractivity contribution is 5.44. The lowest BCUT2D eigenvalue weighted by molar-refractivity contribution is 0.398. The zero-order chi connectivity index (χ0) is 12.5. The van der Waals surface area contributed by atoms with Crippen LogP contribution in [0.2, 0.25) is 0 Å². The highest BCUT2D eigenvalue weighted by Crippen LogP contribution is 2.49. The molecule has 2 heteroatoms. The minimum absolute atomic E-state index is 0.488. The molecule has 0 aromatic heterocycles. The van der Waals surface area contributed by atoms with Gasteiger partial charge in [-0.25, -0.2) is 0 Å². The Bertz CT molecular complexity index is 408. The average molecular weight is 233 g/mol. The van der Waals surface area contributed by atoms with E-state index < -0.39 is 0 Å². The Morgan fingerprint density at radius 1 is 1.29 bits per heavy atom. The van der Waals surface area contributed by atoms with Crippen molar-refractivity contribution >= 4 is 0 Å². The molecule has 0 amide bonds. The van der Waals surface area contributed by atoms with Crippen LogP contribution in [0.5, 0.6) is 5.75 Å². The van der Waals surface area contributed by atoms with Crippen LogP contribution in [0.3, 0.4) is 0 Å². The minimum Gasteiger partial charge on any atom is -0.496 e. The number of hydrogen-bond donors (Lipinski definition) is 1. The van der Waals surface area contributed by atoms with E-state index in [1.165, 1.54) is 29.5 Å². The molecule has 17 heavy (non-hydrogen) atoms. The van der Waals surface area contributed by atoms with Gasteiger partial charge in [0.25, 0.3) is 0 Å². The SMILES string of the molecule is CNCC1(Cc2c(C)cc(C)cc2OC)CC1. The summed E-state index contributed by atoms with van der Waals surface area (Å²) in [6, 6.07) is 4.41. The lowest BCUT2D eigenvalue weighted by atomic mass is 9.92. The van der Waals surface area contributed by atoms with E-state index in [1.807, 2.05) is 7.05 Å². The van der Waals surface area contributed by atoms with Gasteiger partial charge < -0.3 is 10.1 Å². The Balaban J connectivity index is 2.26. The van der Waals surface area contributed by atoms with E-state index >= 15 is 0 Å². The van der Waals surface area contributed by atoms with Gasteiger partial charge in [-0.05, 0) is 68.3 Å². The van der Waals surface area contributed by atoms with Crippen molar-refractivity contribution in [3.05, 3.63) is 28.8 Å². The van der Waals surface area contributed by atoms with Gasteiger partial charge in [0.15, 0.2) is 0 Å². The van der Waals surface area contributed by atoms with Gasteiger partial charge in [-0.15, -0.1) is 0 Å². The summed E-state index contributed by atoms with van der Waals surface area (Å²) in [6.45, 7) is 5.43. The molecule has 1 fully saturated rings. The van der Waals surface area contributed by atoms with Gasteiger partial charge in [0.1, 0.15) is 5.75 Å². The molecule has 2 nitrogen and oxygen atoms in total. The van der Waals surface area contributed by atoms with Gasteiger partial charge in [0.2, 0.25) is 0 Å². The van der Waals surface area contributed by atoms with Crippen LogP contribution in [-0.2, 0) is 6.42 Å². The molecular weight excluding hydrogens is 210 g/mol. The maximum absolute atomic E-state index is 5.54. The molecule has 0 bridgehead atoms. The molecule has 0 radical (unpaired) electrons. The van der Waals surface area contributed by atoms with Crippen LogP contribution < -0.4 is 10.1 Å². The van der Waals surface area contributed by atoms with Gasteiger partial charge in [-0.1, -0.05) is 6.07 Å². The number of hydrogen-bond acceptors (Lipinski definition) is 2. The fourth-order valence-corrected chi connectivity index (χ4v) is 2.71. The number of nitrogens with one attached hydrogen (secondary N) is 1. The van der Waals surface area contributed by atoms with Crippen molar-refractivity contribution in [3.63, 3.8) is 0 Å². The lowest BCUT2D eigenvalue weighted by Gasteiger charge is -2.19. The second-order valence-corrected chi connectivity index (χ2v) is 5.47. The normalized spacial score (nSPS) is 16.9. The predicted octanol–water partition coefficient (Wildman–Crippen LogP) is 2.85. The highest BCUT2D eigenvalue weighted by Gasteiger charge is 2.42. The van der Waals surface area contributed by atoms with Gasteiger partial charge in [0, 0.05) is 6.54 Å². The molecule has 0 unspecified atom stereocenters. The number of benzene rings is 1. The number of aryl methyl sites for hydroxylation is 2.